The molecular formula is C20H22F3NO4S. The summed E-state index contributed by atoms with van der Waals surface area (Å²) in [7, 11) is -3.27. The molecule has 0 saturated carbocycles. The van der Waals surface area contributed by atoms with Crippen LogP contribution < -0.4 is 5.32 Å². The number of sulfone groups is 1. The molecule has 0 saturated heterocycles. The maximum atomic E-state index is 12.1. The van der Waals surface area contributed by atoms with E-state index in [0.29, 0.717) is 11.1 Å². The van der Waals surface area contributed by atoms with Gasteiger partial charge in [0.25, 0.3) is 5.91 Å². The standard InChI is InChI=1S/C20H22F3NO4S/c21-20(22,23)15-28-13-16-7-9-18(10-8-16)19(25)24-11-4-12-29(26,27)14-17-5-2-1-3-6-17/h1-3,5-10H,4,11-15H2,(H,24,25). The second-order valence-corrected chi connectivity index (χ2v) is 8.68. The van der Waals surface area contributed by atoms with Crippen LogP contribution in [0.3, 0.4) is 0 Å². The monoisotopic (exact) mass is 429 g/mol. The van der Waals surface area contributed by atoms with Crippen LogP contribution in [-0.4, -0.2) is 39.4 Å². The fraction of sp³-hybridized carbons (Fsp3) is 0.350. The molecule has 5 nitrogen and oxygen atoms in total. The van der Waals surface area contributed by atoms with Crippen molar-refractivity contribution in [1.82, 2.24) is 5.32 Å². The zero-order valence-electron chi connectivity index (χ0n) is 15.6. The first-order valence-corrected chi connectivity index (χ1v) is 10.7. The van der Waals surface area contributed by atoms with Gasteiger partial charge in [-0.2, -0.15) is 13.2 Å². The van der Waals surface area contributed by atoms with Crippen LogP contribution in [-0.2, 0) is 26.9 Å². The molecule has 1 N–H and O–H groups in total. The average Bonchev–Trinajstić information content (AvgIpc) is 2.65. The number of halogens is 3. The van der Waals surface area contributed by atoms with E-state index in [0.717, 1.165) is 5.56 Å². The predicted molar refractivity (Wildman–Crippen MR) is 103 cm³/mol. The van der Waals surface area contributed by atoms with Crippen LogP contribution in [0.2, 0.25) is 0 Å². The Morgan fingerprint density at radius 3 is 2.24 bits per heavy atom. The molecule has 0 radical (unpaired) electrons. The summed E-state index contributed by atoms with van der Waals surface area (Å²) in [5.74, 6) is -0.467. The number of ether oxygens (including phenoxy) is 1. The van der Waals surface area contributed by atoms with Crippen LogP contribution in [0, 0.1) is 0 Å². The van der Waals surface area contributed by atoms with Crippen molar-refractivity contribution in [1.29, 1.82) is 0 Å². The minimum atomic E-state index is -4.38. The van der Waals surface area contributed by atoms with Gasteiger partial charge in [0.2, 0.25) is 0 Å². The Balaban J connectivity index is 1.72. The third-order valence-electron chi connectivity index (χ3n) is 3.90. The largest absolute Gasteiger partial charge is 0.411 e. The van der Waals surface area contributed by atoms with Crippen molar-refractivity contribution in [3.63, 3.8) is 0 Å². The Labute approximate surface area is 167 Å². The molecule has 2 aromatic rings. The van der Waals surface area contributed by atoms with E-state index in [1.165, 1.54) is 24.3 Å². The smallest absolute Gasteiger partial charge is 0.367 e. The number of benzene rings is 2. The molecule has 0 spiro atoms. The molecule has 0 aliphatic rings. The van der Waals surface area contributed by atoms with E-state index in [4.69, 9.17) is 0 Å². The minimum absolute atomic E-state index is 0.0420. The van der Waals surface area contributed by atoms with E-state index in [1.54, 1.807) is 24.3 Å². The average molecular weight is 429 g/mol. The topological polar surface area (TPSA) is 72.5 Å². The maximum absolute atomic E-state index is 12.1. The molecule has 9 heteroatoms. The highest BCUT2D eigenvalue weighted by Gasteiger charge is 2.27. The normalized spacial score (nSPS) is 12.0. The third-order valence-corrected chi connectivity index (χ3v) is 5.58. The van der Waals surface area contributed by atoms with Gasteiger partial charge in [-0.15, -0.1) is 0 Å². The van der Waals surface area contributed by atoms with Crippen LogP contribution in [0.1, 0.15) is 27.9 Å². The number of nitrogens with one attached hydrogen (secondary N) is 1. The van der Waals surface area contributed by atoms with Crippen LogP contribution in [0.15, 0.2) is 54.6 Å². The van der Waals surface area contributed by atoms with E-state index in [1.807, 2.05) is 6.07 Å². The fourth-order valence-corrected chi connectivity index (χ4v) is 3.96. The van der Waals surface area contributed by atoms with E-state index >= 15 is 0 Å². The molecule has 0 atom stereocenters. The summed E-state index contributed by atoms with van der Waals surface area (Å²) in [6.07, 6.45) is -4.10. The molecule has 158 valence electrons. The lowest BCUT2D eigenvalue weighted by atomic mass is 10.1. The van der Waals surface area contributed by atoms with E-state index in [9.17, 15) is 26.4 Å². The Bertz CT molecular complexity index is 882. The zero-order valence-corrected chi connectivity index (χ0v) is 16.4. The molecule has 1 amide bonds. The molecule has 0 bridgehead atoms. The second-order valence-electron chi connectivity index (χ2n) is 6.49. The van der Waals surface area contributed by atoms with Gasteiger partial charge in [-0.25, -0.2) is 8.42 Å². The van der Waals surface area contributed by atoms with Gasteiger partial charge >= 0.3 is 6.18 Å². The van der Waals surface area contributed by atoms with Gasteiger partial charge < -0.3 is 10.1 Å². The van der Waals surface area contributed by atoms with E-state index < -0.39 is 22.6 Å². The maximum Gasteiger partial charge on any atom is 0.411 e. The van der Waals surface area contributed by atoms with Gasteiger partial charge in [0.05, 0.1) is 18.1 Å². The van der Waals surface area contributed by atoms with Gasteiger partial charge in [0, 0.05) is 12.1 Å². The van der Waals surface area contributed by atoms with Gasteiger partial charge in [0.15, 0.2) is 9.84 Å². The number of carbonyl (C=O) groups excluding carboxylic acids is 1. The van der Waals surface area contributed by atoms with Crippen molar-refractivity contribution in [3.8, 4) is 0 Å². The number of hydrogen-bond acceptors (Lipinski definition) is 4. The molecule has 0 aromatic heterocycles. The first kappa shape index (κ1) is 22.9. The van der Waals surface area contributed by atoms with Crippen LogP contribution in [0.5, 0.6) is 0 Å². The highest BCUT2D eigenvalue weighted by molar-refractivity contribution is 7.90. The minimum Gasteiger partial charge on any atom is -0.367 e. The lowest BCUT2D eigenvalue weighted by molar-refractivity contribution is -0.176. The highest BCUT2D eigenvalue weighted by atomic mass is 32.2. The molecule has 0 aliphatic carbocycles. The number of hydrogen-bond donors (Lipinski definition) is 1. The van der Waals surface area contributed by atoms with E-state index in [-0.39, 0.29) is 37.0 Å². The summed E-state index contributed by atoms with van der Waals surface area (Å²) in [6, 6.07) is 14.8. The summed E-state index contributed by atoms with van der Waals surface area (Å²) in [4.78, 5) is 12.1. The van der Waals surface area contributed by atoms with Crippen molar-refractivity contribution in [2.24, 2.45) is 0 Å². The molecule has 0 heterocycles. The highest BCUT2D eigenvalue weighted by Crippen LogP contribution is 2.16. The molecule has 0 unspecified atom stereocenters. The number of rotatable bonds is 10. The molecule has 29 heavy (non-hydrogen) atoms. The predicted octanol–water partition coefficient (Wildman–Crippen LogP) is 3.50. The summed E-state index contributed by atoms with van der Waals surface area (Å²) in [5, 5.41) is 2.63. The molecular weight excluding hydrogens is 407 g/mol. The van der Waals surface area contributed by atoms with Crippen LogP contribution in [0.4, 0.5) is 13.2 Å². The van der Waals surface area contributed by atoms with Gasteiger partial charge in [-0.3, -0.25) is 4.79 Å². The quantitative estimate of drug-likeness (QED) is 0.587. The van der Waals surface area contributed by atoms with Gasteiger partial charge in [0.1, 0.15) is 6.61 Å². The van der Waals surface area contributed by atoms with Crippen molar-refractivity contribution in [2.75, 3.05) is 18.9 Å². The number of carbonyl (C=O) groups is 1. The van der Waals surface area contributed by atoms with Gasteiger partial charge in [-0.1, -0.05) is 42.5 Å². The van der Waals surface area contributed by atoms with Crippen molar-refractivity contribution >= 4 is 15.7 Å². The summed E-state index contributed by atoms with van der Waals surface area (Å²) in [5.41, 5.74) is 1.56. The molecule has 0 fully saturated rings. The Kier molecular flexibility index (Phi) is 8.21. The van der Waals surface area contributed by atoms with Crippen LogP contribution >= 0.6 is 0 Å². The molecule has 2 aromatic carbocycles. The first-order chi connectivity index (χ1) is 13.6. The lowest BCUT2D eigenvalue weighted by Gasteiger charge is -2.09. The van der Waals surface area contributed by atoms with Crippen molar-refractivity contribution in [2.45, 2.75) is 25.0 Å². The number of alkyl halides is 3. The zero-order chi connectivity index (χ0) is 21.3. The first-order valence-electron chi connectivity index (χ1n) is 8.91. The summed E-state index contributed by atoms with van der Waals surface area (Å²) >= 11 is 0. The SMILES string of the molecule is O=C(NCCCS(=O)(=O)Cc1ccccc1)c1ccc(COCC(F)(F)F)cc1. The summed E-state index contributed by atoms with van der Waals surface area (Å²) < 4.78 is 64.9. The van der Waals surface area contributed by atoms with E-state index in [2.05, 4.69) is 10.1 Å². The Morgan fingerprint density at radius 2 is 1.62 bits per heavy atom. The Morgan fingerprint density at radius 1 is 0.966 bits per heavy atom. The summed E-state index contributed by atoms with van der Waals surface area (Å²) in [6.45, 7) is -1.34. The van der Waals surface area contributed by atoms with Crippen molar-refractivity contribution in [3.05, 3.63) is 71.3 Å². The molecule has 0 aliphatic heterocycles. The lowest BCUT2D eigenvalue weighted by Crippen LogP contribution is -2.26. The van der Waals surface area contributed by atoms with Crippen LogP contribution in [0.25, 0.3) is 0 Å². The Hall–Kier alpha value is -2.39. The van der Waals surface area contributed by atoms with Gasteiger partial charge in [-0.05, 0) is 29.7 Å². The molecule has 2 rings (SSSR count). The van der Waals surface area contributed by atoms with Crippen molar-refractivity contribution < 1.29 is 31.1 Å². The fourth-order valence-electron chi connectivity index (χ4n) is 2.53. The second kappa shape index (κ2) is 10.4. The number of amides is 1. The third kappa shape index (κ3) is 9.10.